The van der Waals surface area contributed by atoms with Gasteiger partial charge in [0.15, 0.2) is 0 Å². The Labute approximate surface area is 79.8 Å². The summed E-state index contributed by atoms with van der Waals surface area (Å²) in [7, 11) is 0. The third-order valence-corrected chi connectivity index (χ3v) is 7.43. The topological polar surface area (TPSA) is 12.9 Å². The number of pyridine rings is 1. The van der Waals surface area contributed by atoms with Crippen LogP contribution in [0, 0.1) is 0 Å². The molecule has 1 aromatic rings. The van der Waals surface area contributed by atoms with Crippen molar-refractivity contribution in [2.75, 3.05) is 0 Å². The number of alkyl halides is 3. The molecule has 13 heavy (non-hydrogen) atoms. The van der Waals surface area contributed by atoms with E-state index in [2.05, 4.69) is 4.98 Å². The van der Waals surface area contributed by atoms with Crippen molar-refractivity contribution in [3.05, 3.63) is 24.0 Å². The number of aromatic nitrogens is 1. The van der Waals surface area contributed by atoms with E-state index in [-0.39, 0.29) is 0 Å². The van der Waals surface area contributed by atoms with Crippen LogP contribution in [-0.4, -0.2) is 28.3 Å². The Bertz CT molecular complexity index is 370. The summed E-state index contributed by atoms with van der Waals surface area (Å²) >= 11 is -1.84. The van der Waals surface area contributed by atoms with Gasteiger partial charge in [0, 0.05) is 0 Å². The molecule has 0 saturated carbocycles. The Morgan fingerprint density at radius 2 is 2.08 bits per heavy atom. The third-order valence-electron chi connectivity index (χ3n) is 1.88. The third kappa shape index (κ3) is 1.92. The molecule has 0 N–H and O–H groups in total. The summed E-state index contributed by atoms with van der Waals surface area (Å²) in [4.78, 5) is 3.52. The molecule has 1 aromatic heterocycles. The first-order chi connectivity index (χ1) is 6.09. The van der Waals surface area contributed by atoms with Crippen LogP contribution in [0.2, 0.25) is 4.44 Å². The van der Waals surface area contributed by atoms with E-state index in [0.717, 1.165) is 10.6 Å². The first-order valence-corrected chi connectivity index (χ1v) is 8.89. The van der Waals surface area contributed by atoms with Gasteiger partial charge in [0.05, 0.1) is 0 Å². The van der Waals surface area contributed by atoms with Gasteiger partial charge in [-0.15, -0.1) is 0 Å². The van der Waals surface area contributed by atoms with Crippen LogP contribution >= 0.6 is 0 Å². The standard InChI is InChI=1S/C6H3F3N.C2H3.Sn/c7-6(8,9)5-2-1-3-10-4-5;1-2;/h1,3-4H;1H,2H2;. The normalized spacial score (nSPS) is 15.5. The molecule has 5 heteroatoms. The predicted octanol–water partition coefficient (Wildman–Crippen LogP) is 1.20. The van der Waals surface area contributed by atoms with Crippen molar-refractivity contribution in [3.8, 4) is 0 Å². The van der Waals surface area contributed by atoms with Crippen molar-refractivity contribution < 1.29 is 13.2 Å². The van der Waals surface area contributed by atoms with Gasteiger partial charge in [0.2, 0.25) is 0 Å². The first kappa shape index (κ1) is 9.17. The second-order valence-electron chi connectivity index (χ2n) is 2.85. The Kier molecular flexibility index (Phi) is 2.17. The van der Waals surface area contributed by atoms with Gasteiger partial charge >= 0.3 is 79.7 Å². The molecule has 0 bridgehead atoms. The molecule has 0 fully saturated rings. The SMILES string of the molecule is FC(F)(F)c1cncc[c]1[Sn]1=[CH][CH2]1. The van der Waals surface area contributed by atoms with Gasteiger partial charge in [0.1, 0.15) is 0 Å². The monoisotopic (exact) mass is 293 g/mol. The van der Waals surface area contributed by atoms with Gasteiger partial charge in [-0.05, 0) is 0 Å². The minimum atomic E-state index is -4.23. The molecular weight excluding hydrogens is 286 g/mol. The van der Waals surface area contributed by atoms with Gasteiger partial charge in [0.25, 0.3) is 0 Å². The molecule has 0 aromatic carbocycles. The maximum absolute atomic E-state index is 12.4. The fourth-order valence-electron chi connectivity index (χ4n) is 1.17. The summed E-state index contributed by atoms with van der Waals surface area (Å²) in [6.07, 6.45) is -1.84. The molecule has 0 unspecified atom stereocenters. The maximum atomic E-state index is 12.4. The summed E-state index contributed by atoms with van der Waals surface area (Å²) in [6.45, 7) is 0. The average molecular weight is 292 g/mol. The van der Waals surface area contributed by atoms with Crippen LogP contribution in [0.25, 0.3) is 0 Å². The Balaban J connectivity index is 2.49. The second-order valence-corrected chi connectivity index (χ2v) is 9.72. The van der Waals surface area contributed by atoms with Crippen molar-refractivity contribution in [1.29, 1.82) is 0 Å². The molecule has 1 aliphatic rings. The van der Waals surface area contributed by atoms with E-state index in [1.54, 1.807) is 0 Å². The van der Waals surface area contributed by atoms with Crippen molar-refractivity contribution >= 4 is 26.9 Å². The number of nitrogens with zero attached hydrogens (tertiary/aromatic N) is 1. The van der Waals surface area contributed by atoms with E-state index >= 15 is 0 Å². The molecule has 2 rings (SSSR count). The summed E-state index contributed by atoms with van der Waals surface area (Å²) in [5, 5.41) is 0. The Morgan fingerprint density at radius 1 is 1.38 bits per heavy atom. The minimum absolute atomic E-state index is 0.516. The fraction of sp³-hybridized carbons (Fsp3) is 0.250. The van der Waals surface area contributed by atoms with E-state index in [4.69, 9.17) is 0 Å². The van der Waals surface area contributed by atoms with Gasteiger partial charge < -0.3 is 0 Å². The van der Waals surface area contributed by atoms with Gasteiger partial charge in [-0.2, -0.15) is 0 Å². The van der Waals surface area contributed by atoms with Crippen LogP contribution in [0.4, 0.5) is 13.2 Å². The van der Waals surface area contributed by atoms with E-state index < -0.39 is 31.0 Å². The zero-order valence-electron chi connectivity index (χ0n) is 6.60. The van der Waals surface area contributed by atoms with Crippen LogP contribution in [-0.2, 0) is 6.18 Å². The molecular formula is C8H6F3NSn. The number of hydrogen-bond acceptors (Lipinski definition) is 1. The van der Waals surface area contributed by atoms with Crippen LogP contribution in [0.15, 0.2) is 18.5 Å². The molecule has 0 amide bonds. The zero-order chi connectivity index (χ0) is 9.47. The fourth-order valence-corrected chi connectivity index (χ4v) is 7.07. The van der Waals surface area contributed by atoms with Crippen molar-refractivity contribution in [2.24, 2.45) is 0 Å². The second kappa shape index (κ2) is 3.08. The molecule has 0 spiro atoms. The summed E-state index contributed by atoms with van der Waals surface area (Å²) in [5.74, 6) is 0. The van der Waals surface area contributed by atoms with Gasteiger partial charge in [-0.25, -0.2) is 0 Å². The zero-order valence-corrected chi connectivity index (χ0v) is 9.45. The summed E-state index contributed by atoms with van der Waals surface area (Å²) in [5.41, 5.74) is -0.516. The molecule has 0 aliphatic carbocycles. The number of rotatable bonds is 1. The van der Waals surface area contributed by atoms with E-state index in [1.165, 1.54) is 12.3 Å². The van der Waals surface area contributed by atoms with Crippen LogP contribution in [0.1, 0.15) is 5.56 Å². The molecule has 0 saturated heterocycles. The van der Waals surface area contributed by atoms with Gasteiger partial charge in [-0.1, -0.05) is 0 Å². The summed E-state index contributed by atoms with van der Waals surface area (Å²) in [6, 6.07) is 1.53. The van der Waals surface area contributed by atoms with E-state index in [0.29, 0.717) is 3.58 Å². The molecule has 0 atom stereocenters. The van der Waals surface area contributed by atoms with E-state index in [9.17, 15) is 13.2 Å². The van der Waals surface area contributed by atoms with Gasteiger partial charge in [-0.3, -0.25) is 0 Å². The Hall–Kier alpha value is -0.391. The average Bonchev–Trinajstić information content (AvgIpc) is 2.85. The van der Waals surface area contributed by atoms with E-state index in [1.807, 2.05) is 4.02 Å². The Morgan fingerprint density at radius 3 is 2.62 bits per heavy atom. The molecule has 1 aliphatic heterocycles. The predicted molar refractivity (Wildman–Crippen MR) is 45.5 cm³/mol. The molecule has 1 nitrogen and oxygen atoms in total. The van der Waals surface area contributed by atoms with Crippen LogP contribution < -0.4 is 3.58 Å². The quantitative estimate of drug-likeness (QED) is 0.709. The van der Waals surface area contributed by atoms with Crippen molar-refractivity contribution in [2.45, 2.75) is 10.6 Å². The molecule has 0 radical (unpaired) electrons. The van der Waals surface area contributed by atoms with Crippen molar-refractivity contribution in [1.82, 2.24) is 4.98 Å². The molecule has 68 valence electrons. The number of hydrogen-bond donors (Lipinski definition) is 0. The summed E-state index contributed by atoms with van der Waals surface area (Å²) < 4.78 is 40.8. The first-order valence-electron chi connectivity index (χ1n) is 3.79. The van der Waals surface area contributed by atoms with Crippen molar-refractivity contribution in [3.63, 3.8) is 0 Å². The molecule has 2 heterocycles. The van der Waals surface area contributed by atoms with Crippen LogP contribution in [0.3, 0.4) is 0 Å². The van der Waals surface area contributed by atoms with Crippen LogP contribution in [0.5, 0.6) is 0 Å². The number of halogens is 3.